The number of pyridine rings is 2. The van der Waals surface area contributed by atoms with Crippen LogP contribution in [0.3, 0.4) is 0 Å². The number of nitrogens with zero attached hydrogens (tertiary/aromatic N) is 4. The maximum atomic E-state index is 5.72. The molecule has 0 fully saturated rings. The summed E-state index contributed by atoms with van der Waals surface area (Å²) in [6.45, 7) is 2.48. The van der Waals surface area contributed by atoms with Crippen LogP contribution >= 0.6 is 0 Å². The van der Waals surface area contributed by atoms with Crippen molar-refractivity contribution < 1.29 is 4.74 Å². The van der Waals surface area contributed by atoms with Crippen LogP contribution in [-0.4, -0.2) is 26.5 Å². The van der Waals surface area contributed by atoms with Gasteiger partial charge in [0.15, 0.2) is 0 Å². The predicted octanol–water partition coefficient (Wildman–Crippen LogP) is 2.58. The van der Waals surface area contributed by atoms with Crippen molar-refractivity contribution in [2.24, 2.45) is 0 Å². The Morgan fingerprint density at radius 3 is 2.68 bits per heavy atom. The lowest BCUT2D eigenvalue weighted by atomic mass is 10.2. The fraction of sp³-hybridized carbons (Fsp3) is 0.125. The summed E-state index contributed by atoms with van der Waals surface area (Å²) in [6.07, 6.45) is 5.00. The van der Waals surface area contributed by atoms with Crippen LogP contribution in [0.25, 0.3) is 22.8 Å². The average Bonchev–Trinajstić information content (AvgIpc) is 2.56. The maximum absolute atomic E-state index is 5.72. The Labute approximate surface area is 128 Å². The van der Waals surface area contributed by atoms with Gasteiger partial charge in [0, 0.05) is 6.20 Å². The molecule has 0 bridgehead atoms. The van der Waals surface area contributed by atoms with Gasteiger partial charge in [0.25, 0.3) is 0 Å². The van der Waals surface area contributed by atoms with Crippen LogP contribution in [0, 0.1) is 0 Å². The van der Waals surface area contributed by atoms with E-state index in [0.29, 0.717) is 40.9 Å². The zero-order valence-electron chi connectivity index (χ0n) is 12.1. The van der Waals surface area contributed by atoms with E-state index in [0.717, 1.165) is 0 Å². The SMILES string of the molecule is CCOc1cccnc1-c1cncc(-c2cccc(N)n2)n1. The van der Waals surface area contributed by atoms with Gasteiger partial charge >= 0.3 is 0 Å². The van der Waals surface area contributed by atoms with Crippen molar-refractivity contribution in [3.8, 4) is 28.5 Å². The van der Waals surface area contributed by atoms with Crippen molar-refractivity contribution in [3.05, 3.63) is 48.9 Å². The smallest absolute Gasteiger partial charge is 0.147 e. The highest BCUT2D eigenvalue weighted by molar-refractivity contribution is 5.65. The van der Waals surface area contributed by atoms with E-state index in [1.165, 1.54) is 0 Å². The van der Waals surface area contributed by atoms with Crippen LogP contribution < -0.4 is 10.5 Å². The van der Waals surface area contributed by atoms with E-state index in [2.05, 4.69) is 19.9 Å². The van der Waals surface area contributed by atoms with Gasteiger partial charge in [-0.15, -0.1) is 0 Å². The van der Waals surface area contributed by atoms with Crippen LogP contribution in [0.1, 0.15) is 6.92 Å². The number of aromatic nitrogens is 4. The Kier molecular flexibility index (Phi) is 3.91. The van der Waals surface area contributed by atoms with E-state index in [1.54, 1.807) is 24.7 Å². The number of ether oxygens (including phenoxy) is 1. The Balaban J connectivity index is 2.05. The van der Waals surface area contributed by atoms with Crippen molar-refractivity contribution >= 4 is 5.82 Å². The summed E-state index contributed by atoms with van der Waals surface area (Å²) in [5, 5.41) is 0. The van der Waals surface area contributed by atoms with Crippen molar-refractivity contribution in [3.63, 3.8) is 0 Å². The van der Waals surface area contributed by atoms with Gasteiger partial charge in [0.05, 0.1) is 24.7 Å². The molecule has 0 saturated heterocycles. The van der Waals surface area contributed by atoms with Gasteiger partial charge < -0.3 is 10.5 Å². The second-order valence-electron chi connectivity index (χ2n) is 4.52. The second-order valence-corrected chi connectivity index (χ2v) is 4.52. The molecule has 3 rings (SSSR count). The third-order valence-corrected chi connectivity index (χ3v) is 2.98. The fourth-order valence-electron chi connectivity index (χ4n) is 2.05. The lowest BCUT2D eigenvalue weighted by Crippen LogP contribution is -1.99. The summed E-state index contributed by atoms with van der Waals surface area (Å²) >= 11 is 0. The molecule has 0 aliphatic carbocycles. The van der Waals surface area contributed by atoms with Crippen LogP contribution in [0.4, 0.5) is 5.82 Å². The van der Waals surface area contributed by atoms with E-state index < -0.39 is 0 Å². The average molecular weight is 293 g/mol. The van der Waals surface area contributed by atoms with E-state index in [4.69, 9.17) is 10.5 Å². The minimum Gasteiger partial charge on any atom is -0.492 e. The quantitative estimate of drug-likeness (QED) is 0.795. The molecule has 0 atom stereocenters. The third kappa shape index (κ3) is 2.85. The largest absolute Gasteiger partial charge is 0.492 e. The first-order chi connectivity index (χ1) is 10.8. The summed E-state index contributed by atoms with van der Waals surface area (Å²) in [4.78, 5) is 17.4. The zero-order chi connectivity index (χ0) is 15.4. The molecule has 0 saturated carbocycles. The maximum Gasteiger partial charge on any atom is 0.147 e. The number of nitrogen functional groups attached to an aromatic ring is 1. The second kappa shape index (κ2) is 6.17. The molecule has 22 heavy (non-hydrogen) atoms. The number of anilines is 1. The molecule has 0 amide bonds. The third-order valence-electron chi connectivity index (χ3n) is 2.98. The van der Waals surface area contributed by atoms with E-state index in [9.17, 15) is 0 Å². The van der Waals surface area contributed by atoms with E-state index >= 15 is 0 Å². The van der Waals surface area contributed by atoms with E-state index in [1.807, 2.05) is 31.2 Å². The molecule has 2 N–H and O–H groups in total. The summed E-state index contributed by atoms with van der Waals surface area (Å²) in [6, 6.07) is 9.08. The minimum atomic E-state index is 0.442. The van der Waals surface area contributed by atoms with E-state index in [-0.39, 0.29) is 0 Å². The first-order valence-corrected chi connectivity index (χ1v) is 6.91. The summed E-state index contributed by atoms with van der Waals surface area (Å²) in [5.74, 6) is 1.12. The fourth-order valence-corrected chi connectivity index (χ4v) is 2.05. The first-order valence-electron chi connectivity index (χ1n) is 6.91. The normalized spacial score (nSPS) is 10.4. The molecular formula is C16H15N5O. The molecule has 0 spiro atoms. The van der Waals surface area contributed by atoms with Crippen LogP contribution in [0.5, 0.6) is 5.75 Å². The molecular weight excluding hydrogens is 278 g/mol. The zero-order valence-corrected chi connectivity index (χ0v) is 12.1. The van der Waals surface area contributed by atoms with Crippen LogP contribution in [0.15, 0.2) is 48.9 Å². The molecule has 3 heterocycles. The highest BCUT2D eigenvalue weighted by Gasteiger charge is 2.11. The lowest BCUT2D eigenvalue weighted by molar-refractivity contribution is 0.340. The Bertz CT molecular complexity index is 791. The molecule has 0 unspecified atom stereocenters. The molecule has 0 radical (unpaired) electrons. The van der Waals surface area contributed by atoms with Gasteiger partial charge in [0.1, 0.15) is 28.6 Å². The van der Waals surface area contributed by atoms with Crippen molar-refractivity contribution in [1.82, 2.24) is 19.9 Å². The number of hydrogen-bond acceptors (Lipinski definition) is 6. The Morgan fingerprint density at radius 2 is 1.86 bits per heavy atom. The molecule has 3 aromatic heterocycles. The standard InChI is InChI=1S/C16H15N5O/c1-2-22-14-6-4-8-19-16(14)13-10-18-9-12(20-13)11-5-3-7-15(17)21-11/h3-10H,2H2,1H3,(H2,17,21). The first kappa shape index (κ1) is 13.9. The molecule has 6 nitrogen and oxygen atoms in total. The van der Waals surface area contributed by atoms with Gasteiger partial charge in [-0.2, -0.15) is 0 Å². The number of hydrogen-bond donors (Lipinski definition) is 1. The van der Waals surface area contributed by atoms with Crippen molar-refractivity contribution in [2.45, 2.75) is 6.92 Å². The Hall–Kier alpha value is -3.02. The van der Waals surface area contributed by atoms with Gasteiger partial charge in [-0.25, -0.2) is 9.97 Å². The molecule has 0 aliphatic rings. The van der Waals surface area contributed by atoms with Gasteiger partial charge in [0.2, 0.25) is 0 Å². The monoisotopic (exact) mass is 293 g/mol. The lowest BCUT2D eigenvalue weighted by Gasteiger charge is -2.09. The summed E-state index contributed by atoms with van der Waals surface area (Å²) < 4.78 is 5.59. The summed E-state index contributed by atoms with van der Waals surface area (Å²) in [5.41, 5.74) is 8.31. The predicted molar refractivity (Wildman–Crippen MR) is 84.1 cm³/mol. The molecule has 6 heteroatoms. The topological polar surface area (TPSA) is 86.8 Å². The molecule has 3 aromatic rings. The van der Waals surface area contributed by atoms with Gasteiger partial charge in [-0.05, 0) is 31.2 Å². The minimum absolute atomic E-state index is 0.442. The van der Waals surface area contributed by atoms with Crippen LogP contribution in [0.2, 0.25) is 0 Å². The van der Waals surface area contributed by atoms with Crippen molar-refractivity contribution in [2.75, 3.05) is 12.3 Å². The number of nitrogens with two attached hydrogens (primary N) is 1. The Morgan fingerprint density at radius 1 is 1.00 bits per heavy atom. The summed E-state index contributed by atoms with van der Waals surface area (Å²) in [7, 11) is 0. The molecule has 0 aliphatic heterocycles. The van der Waals surface area contributed by atoms with Crippen LogP contribution in [-0.2, 0) is 0 Å². The molecule has 110 valence electrons. The number of rotatable bonds is 4. The highest BCUT2D eigenvalue weighted by atomic mass is 16.5. The van der Waals surface area contributed by atoms with Gasteiger partial charge in [-0.1, -0.05) is 6.07 Å². The molecule has 0 aromatic carbocycles. The highest BCUT2D eigenvalue weighted by Crippen LogP contribution is 2.27. The van der Waals surface area contributed by atoms with Gasteiger partial charge in [-0.3, -0.25) is 9.97 Å². The van der Waals surface area contributed by atoms with Crippen molar-refractivity contribution in [1.29, 1.82) is 0 Å².